The summed E-state index contributed by atoms with van der Waals surface area (Å²) in [7, 11) is 0. The molecule has 1 saturated heterocycles. The Kier molecular flexibility index (Phi) is 6.42. The number of rotatable bonds is 7. The molecule has 2 aromatic carbocycles. The van der Waals surface area contributed by atoms with Crippen LogP contribution in [0.25, 0.3) is 0 Å². The minimum atomic E-state index is -0.541. The summed E-state index contributed by atoms with van der Waals surface area (Å²) < 4.78 is 5.13. The average Bonchev–Trinajstić information content (AvgIpc) is 3.13. The average molecular weight is 380 g/mol. The van der Waals surface area contributed by atoms with Crippen LogP contribution in [-0.4, -0.2) is 35.8 Å². The molecular formula is C22H24N2O4. The van der Waals surface area contributed by atoms with Crippen molar-refractivity contribution in [2.75, 3.05) is 13.2 Å². The lowest BCUT2D eigenvalue weighted by Gasteiger charge is -2.25. The maximum atomic E-state index is 12.3. The van der Waals surface area contributed by atoms with Crippen LogP contribution in [0.2, 0.25) is 0 Å². The third-order valence-electron chi connectivity index (χ3n) is 4.92. The SMILES string of the molecule is C[C@@H](c1ccccc1)N1C[C@@H](C(=O)OCC(=O)NCc2ccccc2)CC1=O. The first kappa shape index (κ1) is 19.6. The van der Waals surface area contributed by atoms with Crippen molar-refractivity contribution in [1.29, 1.82) is 0 Å². The van der Waals surface area contributed by atoms with Crippen molar-refractivity contribution in [3.8, 4) is 0 Å². The Morgan fingerprint density at radius 1 is 1.11 bits per heavy atom. The number of benzene rings is 2. The fraction of sp³-hybridized carbons (Fsp3) is 0.318. The Balaban J connectivity index is 1.46. The maximum absolute atomic E-state index is 12.3. The van der Waals surface area contributed by atoms with Crippen LogP contribution in [0, 0.1) is 5.92 Å². The Labute approximate surface area is 164 Å². The van der Waals surface area contributed by atoms with Gasteiger partial charge in [-0.3, -0.25) is 14.4 Å². The molecule has 0 aliphatic carbocycles. The summed E-state index contributed by atoms with van der Waals surface area (Å²) in [5, 5.41) is 2.71. The predicted molar refractivity (Wildman–Crippen MR) is 104 cm³/mol. The van der Waals surface area contributed by atoms with E-state index in [1.807, 2.05) is 67.6 Å². The van der Waals surface area contributed by atoms with Crippen molar-refractivity contribution < 1.29 is 19.1 Å². The summed E-state index contributed by atoms with van der Waals surface area (Å²) in [5.74, 6) is -1.49. The third-order valence-corrected chi connectivity index (χ3v) is 4.92. The fourth-order valence-corrected chi connectivity index (χ4v) is 3.28. The first-order valence-corrected chi connectivity index (χ1v) is 9.36. The Morgan fingerprint density at radius 2 is 1.75 bits per heavy atom. The van der Waals surface area contributed by atoms with E-state index < -0.39 is 11.9 Å². The van der Waals surface area contributed by atoms with Gasteiger partial charge in [0.25, 0.3) is 5.91 Å². The van der Waals surface area contributed by atoms with Crippen molar-refractivity contribution in [1.82, 2.24) is 10.2 Å². The van der Waals surface area contributed by atoms with Gasteiger partial charge < -0.3 is 15.0 Å². The van der Waals surface area contributed by atoms with E-state index in [0.717, 1.165) is 11.1 Å². The zero-order valence-electron chi connectivity index (χ0n) is 15.8. The van der Waals surface area contributed by atoms with Crippen LogP contribution < -0.4 is 5.32 Å². The number of esters is 1. The number of amides is 2. The first-order valence-electron chi connectivity index (χ1n) is 9.36. The van der Waals surface area contributed by atoms with Gasteiger partial charge in [-0.1, -0.05) is 60.7 Å². The van der Waals surface area contributed by atoms with E-state index in [0.29, 0.717) is 13.1 Å². The highest BCUT2D eigenvalue weighted by Gasteiger charge is 2.38. The third kappa shape index (κ3) is 4.97. The molecule has 0 unspecified atom stereocenters. The monoisotopic (exact) mass is 380 g/mol. The van der Waals surface area contributed by atoms with Crippen molar-refractivity contribution >= 4 is 17.8 Å². The molecule has 2 atom stereocenters. The van der Waals surface area contributed by atoms with Crippen LogP contribution in [0.1, 0.15) is 30.5 Å². The lowest BCUT2D eigenvalue weighted by atomic mass is 10.1. The number of hydrogen-bond donors (Lipinski definition) is 1. The second kappa shape index (κ2) is 9.17. The molecule has 28 heavy (non-hydrogen) atoms. The highest BCUT2D eigenvalue weighted by atomic mass is 16.5. The van der Waals surface area contributed by atoms with Crippen molar-refractivity contribution in [3.63, 3.8) is 0 Å². The summed E-state index contributed by atoms with van der Waals surface area (Å²) in [5.41, 5.74) is 1.99. The fourth-order valence-electron chi connectivity index (χ4n) is 3.28. The van der Waals surface area contributed by atoms with Crippen molar-refractivity contribution in [3.05, 3.63) is 71.8 Å². The van der Waals surface area contributed by atoms with Crippen LogP contribution in [-0.2, 0) is 25.7 Å². The number of nitrogens with zero attached hydrogens (tertiary/aromatic N) is 1. The van der Waals surface area contributed by atoms with Crippen LogP contribution >= 0.6 is 0 Å². The first-order chi connectivity index (χ1) is 13.5. The van der Waals surface area contributed by atoms with Gasteiger partial charge in [0.1, 0.15) is 0 Å². The van der Waals surface area contributed by atoms with E-state index in [1.54, 1.807) is 4.90 Å². The number of nitrogens with one attached hydrogen (secondary N) is 1. The molecule has 6 heteroatoms. The van der Waals surface area contributed by atoms with Crippen LogP contribution in [0.4, 0.5) is 0 Å². The lowest BCUT2D eigenvalue weighted by Crippen LogP contribution is -2.31. The van der Waals surface area contributed by atoms with Gasteiger partial charge in [-0.2, -0.15) is 0 Å². The quantitative estimate of drug-likeness (QED) is 0.749. The molecular weight excluding hydrogens is 356 g/mol. The molecule has 2 aromatic rings. The maximum Gasteiger partial charge on any atom is 0.311 e. The number of carbonyl (C=O) groups is 3. The van der Waals surface area contributed by atoms with Gasteiger partial charge in [0, 0.05) is 19.5 Å². The molecule has 1 fully saturated rings. The zero-order valence-corrected chi connectivity index (χ0v) is 15.8. The Bertz CT molecular complexity index is 823. The molecule has 1 heterocycles. The highest BCUT2D eigenvalue weighted by Crippen LogP contribution is 2.28. The van der Waals surface area contributed by atoms with E-state index >= 15 is 0 Å². The van der Waals surface area contributed by atoms with Gasteiger partial charge in [-0.25, -0.2) is 0 Å². The minimum absolute atomic E-state index is 0.0770. The summed E-state index contributed by atoms with van der Waals surface area (Å²) >= 11 is 0. The molecule has 0 bridgehead atoms. The lowest BCUT2D eigenvalue weighted by molar-refractivity contribution is -0.152. The van der Waals surface area contributed by atoms with Gasteiger partial charge in [0.15, 0.2) is 6.61 Å². The second-order valence-electron chi connectivity index (χ2n) is 6.90. The smallest absolute Gasteiger partial charge is 0.311 e. The summed E-state index contributed by atoms with van der Waals surface area (Å²) in [6, 6.07) is 19.1. The molecule has 0 aromatic heterocycles. The largest absolute Gasteiger partial charge is 0.455 e. The van der Waals surface area contributed by atoms with E-state index in [1.165, 1.54) is 0 Å². The Hall–Kier alpha value is -3.15. The summed E-state index contributed by atoms with van der Waals surface area (Å²) in [6.45, 7) is 2.28. The van der Waals surface area contributed by atoms with E-state index in [4.69, 9.17) is 4.74 Å². The topological polar surface area (TPSA) is 75.7 Å². The van der Waals surface area contributed by atoms with E-state index in [-0.39, 0.29) is 30.9 Å². The van der Waals surface area contributed by atoms with Crippen LogP contribution in [0.15, 0.2) is 60.7 Å². The molecule has 0 saturated carbocycles. The molecule has 3 rings (SSSR count). The number of ether oxygens (including phenoxy) is 1. The van der Waals surface area contributed by atoms with Gasteiger partial charge in [0.2, 0.25) is 5.91 Å². The number of carbonyl (C=O) groups excluding carboxylic acids is 3. The standard InChI is InChI=1S/C22H24N2O4/c1-16(18-10-6-3-7-11-18)24-14-19(12-21(24)26)22(27)28-15-20(25)23-13-17-8-4-2-5-9-17/h2-11,16,19H,12-15H2,1H3,(H,23,25)/t16-,19-/m0/s1. The van der Waals surface area contributed by atoms with Crippen LogP contribution in [0.5, 0.6) is 0 Å². The van der Waals surface area contributed by atoms with Gasteiger partial charge in [-0.05, 0) is 18.1 Å². The van der Waals surface area contributed by atoms with Gasteiger partial charge >= 0.3 is 5.97 Å². The molecule has 146 valence electrons. The van der Waals surface area contributed by atoms with Gasteiger partial charge in [0.05, 0.1) is 12.0 Å². The summed E-state index contributed by atoms with van der Waals surface area (Å²) in [4.78, 5) is 38.2. The molecule has 6 nitrogen and oxygen atoms in total. The minimum Gasteiger partial charge on any atom is -0.455 e. The number of hydrogen-bond acceptors (Lipinski definition) is 4. The van der Waals surface area contributed by atoms with Crippen molar-refractivity contribution in [2.24, 2.45) is 5.92 Å². The molecule has 1 aliphatic heterocycles. The molecule has 2 amide bonds. The zero-order chi connectivity index (χ0) is 19.9. The molecule has 1 N–H and O–H groups in total. The van der Waals surface area contributed by atoms with Gasteiger partial charge in [-0.15, -0.1) is 0 Å². The number of likely N-dealkylation sites (tertiary alicyclic amines) is 1. The highest BCUT2D eigenvalue weighted by molar-refractivity contribution is 5.88. The van der Waals surface area contributed by atoms with Crippen LogP contribution in [0.3, 0.4) is 0 Å². The van der Waals surface area contributed by atoms with Crippen molar-refractivity contribution in [2.45, 2.75) is 25.9 Å². The molecule has 0 radical (unpaired) electrons. The van der Waals surface area contributed by atoms with E-state index in [2.05, 4.69) is 5.32 Å². The second-order valence-corrected chi connectivity index (χ2v) is 6.90. The normalized spacial score (nSPS) is 17.2. The predicted octanol–water partition coefficient (Wildman–Crippen LogP) is 2.46. The van der Waals surface area contributed by atoms with E-state index in [9.17, 15) is 14.4 Å². The molecule has 0 spiro atoms. The Morgan fingerprint density at radius 3 is 2.43 bits per heavy atom. The summed E-state index contributed by atoms with van der Waals surface area (Å²) in [6.07, 6.45) is 0.113. The molecule has 1 aliphatic rings.